The van der Waals surface area contributed by atoms with E-state index < -0.39 is 0 Å². The lowest BCUT2D eigenvalue weighted by molar-refractivity contribution is 0.187. The highest BCUT2D eigenvalue weighted by atomic mass is 16.5. The number of ether oxygens (including phenoxy) is 1. The van der Waals surface area contributed by atoms with Crippen molar-refractivity contribution in [2.75, 3.05) is 25.1 Å². The Labute approximate surface area is 112 Å². The van der Waals surface area contributed by atoms with E-state index in [0.717, 1.165) is 43.3 Å². The Balaban J connectivity index is 1.71. The van der Waals surface area contributed by atoms with Crippen LogP contribution >= 0.6 is 0 Å². The highest BCUT2D eigenvalue weighted by molar-refractivity contribution is 5.62. The van der Waals surface area contributed by atoms with Crippen molar-refractivity contribution in [1.82, 2.24) is 14.8 Å². The number of hydrogen-bond acceptors (Lipinski definition) is 4. The minimum Gasteiger partial charge on any atom is -0.385 e. The Bertz CT molecular complexity index is 546. The fraction of sp³-hybridized carbons (Fsp3) is 0.429. The van der Waals surface area contributed by atoms with Crippen molar-refractivity contribution in [3.05, 3.63) is 30.6 Å². The lowest BCUT2D eigenvalue weighted by atomic mass is 10.1. The van der Waals surface area contributed by atoms with Crippen LogP contribution in [-0.4, -0.2) is 34.5 Å². The van der Waals surface area contributed by atoms with Gasteiger partial charge in [-0.2, -0.15) is 0 Å². The lowest BCUT2D eigenvalue weighted by Crippen LogP contribution is -2.14. The molecule has 1 unspecified atom stereocenters. The SMILES string of the molecule is Cn1cnnc1-c1cccc(NCC2CCOC2)c1. The molecule has 0 radical (unpaired) electrons. The highest BCUT2D eigenvalue weighted by Gasteiger charge is 2.15. The summed E-state index contributed by atoms with van der Waals surface area (Å²) >= 11 is 0. The monoisotopic (exact) mass is 258 g/mol. The van der Waals surface area contributed by atoms with E-state index in [1.807, 2.05) is 23.7 Å². The highest BCUT2D eigenvalue weighted by Crippen LogP contribution is 2.21. The fourth-order valence-electron chi connectivity index (χ4n) is 2.32. The molecular formula is C14H18N4O. The molecule has 1 aliphatic heterocycles. The minimum atomic E-state index is 0.624. The third kappa shape index (κ3) is 2.76. The number of rotatable bonds is 4. The van der Waals surface area contributed by atoms with Gasteiger partial charge in [0.05, 0.1) is 6.61 Å². The van der Waals surface area contributed by atoms with Crippen molar-refractivity contribution in [3.63, 3.8) is 0 Å². The Hall–Kier alpha value is -1.88. The van der Waals surface area contributed by atoms with E-state index in [4.69, 9.17) is 4.74 Å². The molecule has 0 spiro atoms. The zero-order chi connectivity index (χ0) is 13.1. The largest absolute Gasteiger partial charge is 0.385 e. The number of nitrogens with one attached hydrogen (secondary N) is 1. The van der Waals surface area contributed by atoms with Gasteiger partial charge in [-0.05, 0) is 18.6 Å². The average Bonchev–Trinajstić information content (AvgIpc) is 3.08. The number of hydrogen-bond donors (Lipinski definition) is 1. The van der Waals surface area contributed by atoms with Crippen LogP contribution in [0.3, 0.4) is 0 Å². The summed E-state index contributed by atoms with van der Waals surface area (Å²) in [7, 11) is 1.95. The Kier molecular flexibility index (Phi) is 3.46. The zero-order valence-corrected chi connectivity index (χ0v) is 11.0. The van der Waals surface area contributed by atoms with Crippen LogP contribution in [0, 0.1) is 5.92 Å². The van der Waals surface area contributed by atoms with Gasteiger partial charge in [-0.15, -0.1) is 10.2 Å². The van der Waals surface area contributed by atoms with Crippen molar-refractivity contribution in [2.24, 2.45) is 13.0 Å². The summed E-state index contributed by atoms with van der Waals surface area (Å²) in [5.74, 6) is 1.51. The van der Waals surface area contributed by atoms with Crippen LogP contribution < -0.4 is 5.32 Å². The molecule has 1 aromatic carbocycles. The topological polar surface area (TPSA) is 52.0 Å². The first-order valence-electron chi connectivity index (χ1n) is 6.59. The van der Waals surface area contributed by atoms with Crippen molar-refractivity contribution < 1.29 is 4.74 Å². The van der Waals surface area contributed by atoms with E-state index >= 15 is 0 Å². The molecule has 100 valence electrons. The molecular weight excluding hydrogens is 240 g/mol. The van der Waals surface area contributed by atoms with Gasteiger partial charge in [0, 0.05) is 37.4 Å². The molecule has 3 rings (SSSR count). The van der Waals surface area contributed by atoms with Crippen molar-refractivity contribution >= 4 is 5.69 Å². The maximum absolute atomic E-state index is 5.38. The van der Waals surface area contributed by atoms with Crippen LogP contribution in [0.1, 0.15) is 6.42 Å². The van der Waals surface area contributed by atoms with Gasteiger partial charge in [0.1, 0.15) is 6.33 Å². The Morgan fingerprint density at radius 3 is 3.16 bits per heavy atom. The molecule has 1 N–H and O–H groups in total. The Morgan fingerprint density at radius 1 is 1.47 bits per heavy atom. The van der Waals surface area contributed by atoms with Crippen LogP contribution in [0.4, 0.5) is 5.69 Å². The lowest BCUT2D eigenvalue weighted by Gasteiger charge is -2.11. The van der Waals surface area contributed by atoms with Gasteiger partial charge in [-0.3, -0.25) is 0 Å². The molecule has 2 heterocycles. The normalized spacial score (nSPS) is 18.7. The van der Waals surface area contributed by atoms with E-state index in [2.05, 4.69) is 27.6 Å². The fourth-order valence-corrected chi connectivity index (χ4v) is 2.32. The van der Waals surface area contributed by atoms with Crippen LogP contribution in [0.25, 0.3) is 11.4 Å². The summed E-state index contributed by atoms with van der Waals surface area (Å²) in [4.78, 5) is 0. The molecule has 5 heteroatoms. The van der Waals surface area contributed by atoms with Gasteiger partial charge < -0.3 is 14.6 Å². The molecule has 5 nitrogen and oxygen atoms in total. The molecule has 0 bridgehead atoms. The number of benzene rings is 1. The van der Waals surface area contributed by atoms with E-state index in [0.29, 0.717) is 5.92 Å². The van der Waals surface area contributed by atoms with E-state index in [1.165, 1.54) is 0 Å². The maximum atomic E-state index is 5.38. The van der Waals surface area contributed by atoms with Gasteiger partial charge in [0.2, 0.25) is 0 Å². The predicted molar refractivity (Wildman–Crippen MR) is 73.9 cm³/mol. The van der Waals surface area contributed by atoms with Gasteiger partial charge in [0.25, 0.3) is 0 Å². The number of anilines is 1. The van der Waals surface area contributed by atoms with Gasteiger partial charge in [-0.25, -0.2) is 0 Å². The molecule has 1 saturated heterocycles. The second kappa shape index (κ2) is 5.40. The zero-order valence-electron chi connectivity index (χ0n) is 11.0. The summed E-state index contributed by atoms with van der Waals surface area (Å²) < 4.78 is 7.30. The number of aryl methyl sites for hydroxylation is 1. The third-order valence-corrected chi connectivity index (χ3v) is 3.45. The molecule has 19 heavy (non-hydrogen) atoms. The predicted octanol–water partition coefficient (Wildman–Crippen LogP) is 1.93. The van der Waals surface area contributed by atoms with Crippen LogP contribution in [0.5, 0.6) is 0 Å². The summed E-state index contributed by atoms with van der Waals surface area (Å²) in [5, 5.41) is 11.5. The first-order chi connectivity index (χ1) is 9.33. The van der Waals surface area contributed by atoms with Gasteiger partial charge in [-0.1, -0.05) is 12.1 Å². The maximum Gasteiger partial charge on any atom is 0.163 e. The molecule has 1 aromatic heterocycles. The van der Waals surface area contributed by atoms with Crippen molar-refractivity contribution in [2.45, 2.75) is 6.42 Å². The van der Waals surface area contributed by atoms with Crippen LogP contribution in [-0.2, 0) is 11.8 Å². The number of nitrogens with zero attached hydrogens (tertiary/aromatic N) is 3. The Morgan fingerprint density at radius 2 is 2.42 bits per heavy atom. The van der Waals surface area contributed by atoms with Crippen molar-refractivity contribution in [3.8, 4) is 11.4 Å². The first-order valence-corrected chi connectivity index (χ1v) is 6.59. The van der Waals surface area contributed by atoms with Gasteiger partial charge in [0.15, 0.2) is 5.82 Å². The van der Waals surface area contributed by atoms with E-state index in [-0.39, 0.29) is 0 Å². The standard InChI is InChI=1S/C14H18N4O/c1-18-10-16-17-14(18)12-3-2-4-13(7-12)15-8-11-5-6-19-9-11/h2-4,7,10-11,15H,5-6,8-9H2,1H3. The average molecular weight is 258 g/mol. The number of aromatic nitrogens is 3. The van der Waals surface area contributed by atoms with Crippen molar-refractivity contribution in [1.29, 1.82) is 0 Å². The van der Waals surface area contributed by atoms with Gasteiger partial charge >= 0.3 is 0 Å². The molecule has 0 amide bonds. The second-order valence-corrected chi connectivity index (χ2v) is 4.96. The third-order valence-electron chi connectivity index (χ3n) is 3.45. The molecule has 0 aliphatic carbocycles. The van der Waals surface area contributed by atoms with E-state index in [1.54, 1.807) is 6.33 Å². The van der Waals surface area contributed by atoms with Crippen LogP contribution in [0.2, 0.25) is 0 Å². The summed E-state index contributed by atoms with van der Waals surface area (Å²) in [6.07, 6.45) is 2.86. The molecule has 2 aromatic rings. The summed E-state index contributed by atoms with van der Waals surface area (Å²) in [5.41, 5.74) is 2.19. The summed E-state index contributed by atoms with van der Waals surface area (Å²) in [6.45, 7) is 2.73. The second-order valence-electron chi connectivity index (χ2n) is 4.96. The molecule has 1 atom stereocenters. The van der Waals surface area contributed by atoms with E-state index in [9.17, 15) is 0 Å². The summed E-state index contributed by atoms with van der Waals surface area (Å²) in [6, 6.07) is 8.28. The minimum absolute atomic E-state index is 0.624. The van der Waals surface area contributed by atoms with Crippen LogP contribution in [0.15, 0.2) is 30.6 Å². The molecule has 1 aliphatic rings. The quantitative estimate of drug-likeness (QED) is 0.910. The smallest absolute Gasteiger partial charge is 0.163 e. The molecule has 1 fully saturated rings. The molecule has 0 saturated carbocycles. The first kappa shape index (κ1) is 12.2.